The fourth-order valence-electron chi connectivity index (χ4n) is 2.89. The zero-order valence-electron chi connectivity index (χ0n) is 15.8. The van der Waals surface area contributed by atoms with E-state index in [1.54, 1.807) is 43.2 Å². The standard InChI is InChI=1S/C19H28N2O5/c1-15(19(23)25-3)14-21(9-8-20-10-12-26-13-11-20)18(22)16-4-6-17(24-2)7-5-16/h4-7,15H,8-14H2,1-3H3. The van der Waals surface area contributed by atoms with Crippen molar-refractivity contribution in [2.45, 2.75) is 6.92 Å². The number of benzene rings is 1. The molecule has 26 heavy (non-hydrogen) atoms. The molecule has 1 aliphatic heterocycles. The highest BCUT2D eigenvalue weighted by molar-refractivity contribution is 5.94. The SMILES string of the molecule is COC(=O)C(C)CN(CCN1CCOCC1)C(=O)c1ccc(OC)cc1. The van der Waals surface area contributed by atoms with Gasteiger partial charge in [-0.2, -0.15) is 0 Å². The molecule has 0 spiro atoms. The van der Waals surface area contributed by atoms with Crippen LogP contribution in [0, 0.1) is 5.92 Å². The Morgan fingerprint density at radius 2 is 1.85 bits per heavy atom. The first-order chi connectivity index (χ1) is 12.5. The van der Waals surface area contributed by atoms with E-state index in [0.717, 1.165) is 19.6 Å². The summed E-state index contributed by atoms with van der Waals surface area (Å²) in [5.41, 5.74) is 0.574. The number of methoxy groups -OCH3 is 2. The van der Waals surface area contributed by atoms with Crippen LogP contribution in [0.4, 0.5) is 0 Å². The molecule has 0 aromatic heterocycles. The van der Waals surface area contributed by atoms with Crippen LogP contribution in [-0.2, 0) is 14.3 Å². The molecule has 1 aromatic carbocycles. The molecule has 144 valence electrons. The molecule has 7 nitrogen and oxygen atoms in total. The van der Waals surface area contributed by atoms with Gasteiger partial charge in [0.15, 0.2) is 0 Å². The van der Waals surface area contributed by atoms with Crippen molar-refractivity contribution in [3.05, 3.63) is 29.8 Å². The summed E-state index contributed by atoms with van der Waals surface area (Å²) >= 11 is 0. The van der Waals surface area contributed by atoms with Gasteiger partial charge in [-0.25, -0.2) is 0 Å². The van der Waals surface area contributed by atoms with Crippen LogP contribution in [-0.4, -0.2) is 81.8 Å². The predicted octanol–water partition coefficient (Wildman–Crippen LogP) is 1.28. The predicted molar refractivity (Wildman–Crippen MR) is 97.3 cm³/mol. The zero-order chi connectivity index (χ0) is 18.9. The number of carbonyl (C=O) groups excluding carboxylic acids is 2. The summed E-state index contributed by atoms with van der Waals surface area (Å²) in [5.74, 6) is -0.100. The molecule has 1 saturated heterocycles. The van der Waals surface area contributed by atoms with Crippen molar-refractivity contribution < 1.29 is 23.8 Å². The Bertz CT molecular complexity index is 584. The molecule has 1 unspecified atom stereocenters. The van der Waals surface area contributed by atoms with E-state index in [1.807, 2.05) is 0 Å². The second-order valence-electron chi connectivity index (χ2n) is 6.36. The summed E-state index contributed by atoms with van der Waals surface area (Å²) in [7, 11) is 2.95. The van der Waals surface area contributed by atoms with E-state index in [2.05, 4.69) is 4.90 Å². The van der Waals surface area contributed by atoms with E-state index in [0.29, 0.717) is 37.6 Å². The molecule has 1 fully saturated rings. The second kappa shape index (κ2) is 10.1. The molecule has 1 aliphatic rings. The lowest BCUT2D eigenvalue weighted by Crippen LogP contribution is -2.45. The molecule has 0 N–H and O–H groups in total. The number of hydrogen-bond donors (Lipinski definition) is 0. The van der Waals surface area contributed by atoms with Crippen molar-refractivity contribution >= 4 is 11.9 Å². The summed E-state index contributed by atoms with van der Waals surface area (Å²) in [6, 6.07) is 7.01. The maximum Gasteiger partial charge on any atom is 0.310 e. The van der Waals surface area contributed by atoms with Gasteiger partial charge in [0.05, 0.1) is 33.4 Å². The van der Waals surface area contributed by atoms with E-state index in [4.69, 9.17) is 14.2 Å². The van der Waals surface area contributed by atoms with Gasteiger partial charge >= 0.3 is 5.97 Å². The number of rotatable bonds is 8. The Hall–Kier alpha value is -2.12. The third kappa shape index (κ3) is 5.71. The van der Waals surface area contributed by atoms with Gasteiger partial charge in [-0.15, -0.1) is 0 Å². The van der Waals surface area contributed by atoms with Crippen LogP contribution in [0.2, 0.25) is 0 Å². The first-order valence-corrected chi connectivity index (χ1v) is 8.86. The summed E-state index contributed by atoms with van der Waals surface area (Å²) < 4.78 is 15.3. The first kappa shape index (κ1) is 20.2. The Balaban J connectivity index is 2.06. The number of hydrogen-bond acceptors (Lipinski definition) is 6. The maximum atomic E-state index is 13.0. The third-order valence-corrected chi connectivity index (χ3v) is 4.51. The van der Waals surface area contributed by atoms with Crippen molar-refractivity contribution in [1.82, 2.24) is 9.80 Å². The largest absolute Gasteiger partial charge is 0.497 e. The van der Waals surface area contributed by atoms with Crippen molar-refractivity contribution in [3.63, 3.8) is 0 Å². The molecule has 0 aliphatic carbocycles. The quantitative estimate of drug-likeness (QED) is 0.648. The van der Waals surface area contributed by atoms with E-state index >= 15 is 0 Å². The molecule has 2 rings (SSSR count). The molecule has 7 heteroatoms. The number of amides is 1. The first-order valence-electron chi connectivity index (χ1n) is 8.86. The van der Waals surface area contributed by atoms with Gasteiger partial charge in [0, 0.05) is 38.3 Å². The molecule has 1 heterocycles. The van der Waals surface area contributed by atoms with Crippen molar-refractivity contribution in [2.75, 3.05) is 60.2 Å². The summed E-state index contributed by atoms with van der Waals surface area (Å²) in [6.07, 6.45) is 0. The minimum absolute atomic E-state index is 0.100. The van der Waals surface area contributed by atoms with Gasteiger partial charge in [0.1, 0.15) is 5.75 Å². The van der Waals surface area contributed by atoms with Crippen LogP contribution in [0.3, 0.4) is 0 Å². The molecular weight excluding hydrogens is 336 g/mol. The van der Waals surface area contributed by atoms with Gasteiger partial charge in [0.2, 0.25) is 0 Å². The number of morpholine rings is 1. The van der Waals surface area contributed by atoms with E-state index in [1.165, 1.54) is 7.11 Å². The van der Waals surface area contributed by atoms with Gasteiger partial charge in [0.25, 0.3) is 5.91 Å². The van der Waals surface area contributed by atoms with Crippen LogP contribution < -0.4 is 4.74 Å². The number of ether oxygens (including phenoxy) is 3. The maximum absolute atomic E-state index is 13.0. The number of carbonyl (C=O) groups is 2. The minimum atomic E-state index is -0.383. The third-order valence-electron chi connectivity index (χ3n) is 4.51. The fraction of sp³-hybridized carbons (Fsp3) is 0.579. The van der Waals surface area contributed by atoms with Crippen LogP contribution >= 0.6 is 0 Å². The lowest BCUT2D eigenvalue weighted by atomic mass is 10.1. The van der Waals surface area contributed by atoms with Crippen LogP contribution in [0.5, 0.6) is 5.75 Å². The van der Waals surface area contributed by atoms with Crippen molar-refractivity contribution in [2.24, 2.45) is 5.92 Å². The summed E-state index contributed by atoms with van der Waals surface area (Å²) in [5, 5.41) is 0. The van der Waals surface area contributed by atoms with Gasteiger partial charge in [-0.1, -0.05) is 6.92 Å². The van der Waals surface area contributed by atoms with Gasteiger partial charge in [-0.3, -0.25) is 14.5 Å². The smallest absolute Gasteiger partial charge is 0.310 e. The Morgan fingerprint density at radius 1 is 1.19 bits per heavy atom. The van der Waals surface area contributed by atoms with Crippen molar-refractivity contribution in [3.8, 4) is 5.75 Å². The van der Waals surface area contributed by atoms with Gasteiger partial charge < -0.3 is 19.1 Å². The molecule has 0 radical (unpaired) electrons. The lowest BCUT2D eigenvalue weighted by Gasteiger charge is -2.31. The second-order valence-corrected chi connectivity index (χ2v) is 6.36. The average Bonchev–Trinajstić information content (AvgIpc) is 2.70. The normalized spacial score (nSPS) is 16.0. The van der Waals surface area contributed by atoms with E-state index in [-0.39, 0.29) is 17.8 Å². The molecule has 1 amide bonds. The van der Waals surface area contributed by atoms with E-state index < -0.39 is 0 Å². The highest BCUT2D eigenvalue weighted by atomic mass is 16.5. The summed E-state index contributed by atoms with van der Waals surface area (Å²) in [4.78, 5) is 28.7. The van der Waals surface area contributed by atoms with Crippen LogP contribution in [0.1, 0.15) is 17.3 Å². The topological polar surface area (TPSA) is 68.3 Å². The van der Waals surface area contributed by atoms with E-state index in [9.17, 15) is 9.59 Å². The molecular formula is C19H28N2O5. The molecule has 0 saturated carbocycles. The zero-order valence-corrected chi connectivity index (χ0v) is 15.8. The van der Waals surface area contributed by atoms with Crippen LogP contribution in [0.25, 0.3) is 0 Å². The Morgan fingerprint density at radius 3 is 2.42 bits per heavy atom. The lowest BCUT2D eigenvalue weighted by molar-refractivity contribution is -0.145. The fourth-order valence-corrected chi connectivity index (χ4v) is 2.89. The average molecular weight is 364 g/mol. The number of esters is 1. The number of nitrogens with zero attached hydrogens (tertiary/aromatic N) is 2. The van der Waals surface area contributed by atoms with Crippen LogP contribution in [0.15, 0.2) is 24.3 Å². The highest BCUT2D eigenvalue weighted by Gasteiger charge is 2.23. The summed E-state index contributed by atoms with van der Waals surface area (Å²) in [6.45, 7) is 6.53. The minimum Gasteiger partial charge on any atom is -0.497 e. The van der Waals surface area contributed by atoms with Gasteiger partial charge in [-0.05, 0) is 24.3 Å². The molecule has 1 aromatic rings. The Kier molecular flexibility index (Phi) is 7.87. The Labute approximate surface area is 154 Å². The van der Waals surface area contributed by atoms with Crippen molar-refractivity contribution in [1.29, 1.82) is 0 Å². The molecule has 0 bridgehead atoms. The highest BCUT2D eigenvalue weighted by Crippen LogP contribution is 2.14. The monoisotopic (exact) mass is 364 g/mol. The molecule has 1 atom stereocenters.